The fourth-order valence-corrected chi connectivity index (χ4v) is 9.28. The van der Waals surface area contributed by atoms with E-state index in [1.165, 1.54) is 44.9 Å². The molecule has 4 fully saturated rings. The van der Waals surface area contributed by atoms with Gasteiger partial charge >= 0.3 is 0 Å². The molecule has 4 aliphatic carbocycles. The zero-order valence-electron chi connectivity index (χ0n) is 20.2. The van der Waals surface area contributed by atoms with Crippen LogP contribution in [0.2, 0.25) is 0 Å². The maximum Gasteiger partial charge on any atom is 0.162 e. The number of aliphatic hydroxyl groups is 1. The molecular weight excluding hydrogens is 398 g/mol. The summed E-state index contributed by atoms with van der Waals surface area (Å²) in [6.07, 6.45) is 13.2. The zero-order valence-corrected chi connectivity index (χ0v) is 20.2. The molecule has 0 unspecified atom stereocenters. The SMILES string of the molecule is COC[C@@]1(O)CC[C@H]2[C@H](CC[C@@H]3[C@@H]2CC[C@]2(C)[C@@H]([C@H](C)Cn4ccc(C#N)n4)CC[C@@H]32)C1. The van der Waals surface area contributed by atoms with Gasteiger partial charge in [0.2, 0.25) is 0 Å². The van der Waals surface area contributed by atoms with Crippen LogP contribution in [0, 0.1) is 58.2 Å². The molecule has 1 N–H and O–H groups in total. The lowest BCUT2D eigenvalue weighted by atomic mass is 9.48. The molecule has 0 radical (unpaired) electrons. The molecule has 5 rings (SSSR count). The average Bonchev–Trinajstić information content (AvgIpc) is 3.36. The lowest BCUT2D eigenvalue weighted by Gasteiger charge is -2.57. The molecule has 5 heteroatoms. The third-order valence-corrected chi connectivity index (χ3v) is 10.5. The average molecular weight is 440 g/mol. The van der Waals surface area contributed by atoms with Gasteiger partial charge in [0.25, 0.3) is 0 Å². The van der Waals surface area contributed by atoms with E-state index in [1.807, 2.05) is 16.9 Å². The van der Waals surface area contributed by atoms with Gasteiger partial charge in [0.05, 0.1) is 12.2 Å². The van der Waals surface area contributed by atoms with E-state index in [1.54, 1.807) is 7.11 Å². The van der Waals surface area contributed by atoms with Crippen molar-refractivity contribution < 1.29 is 9.84 Å². The van der Waals surface area contributed by atoms with Crippen LogP contribution >= 0.6 is 0 Å². The van der Waals surface area contributed by atoms with Gasteiger partial charge in [-0.3, -0.25) is 4.68 Å². The minimum absolute atomic E-state index is 0.448. The first kappa shape index (κ1) is 22.4. The zero-order chi connectivity index (χ0) is 22.5. The number of methoxy groups -OCH3 is 1. The van der Waals surface area contributed by atoms with E-state index in [0.29, 0.717) is 29.6 Å². The second-order valence-electron chi connectivity index (χ2n) is 12.1. The van der Waals surface area contributed by atoms with Crippen LogP contribution in [0.4, 0.5) is 0 Å². The number of hydrogen-bond acceptors (Lipinski definition) is 4. The van der Waals surface area contributed by atoms with Crippen LogP contribution in [-0.2, 0) is 11.3 Å². The fourth-order valence-electron chi connectivity index (χ4n) is 9.28. The molecular formula is C27H41N3O2. The largest absolute Gasteiger partial charge is 0.387 e. The molecule has 4 saturated carbocycles. The van der Waals surface area contributed by atoms with Crippen molar-refractivity contribution in [2.75, 3.05) is 13.7 Å². The molecule has 1 aromatic heterocycles. The Morgan fingerprint density at radius 1 is 1.19 bits per heavy atom. The number of nitriles is 1. The summed E-state index contributed by atoms with van der Waals surface area (Å²) < 4.78 is 7.34. The molecule has 4 aliphatic rings. The first-order chi connectivity index (χ1) is 15.4. The van der Waals surface area contributed by atoms with Crippen molar-refractivity contribution in [3.05, 3.63) is 18.0 Å². The summed E-state index contributed by atoms with van der Waals surface area (Å²) in [5, 5.41) is 24.5. The van der Waals surface area contributed by atoms with Crippen molar-refractivity contribution >= 4 is 0 Å². The molecule has 0 aromatic carbocycles. The van der Waals surface area contributed by atoms with Crippen molar-refractivity contribution in [2.45, 2.75) is 83.8 Å². The van der Waals surface area contributed by atoms with E-state index in [2.05, 4.69) is 25.0 Å². The van der Waals surface area contributed by atoms with Crippen LogP contribution in [0.1, 0.15) is 77.3 Å². The number of nitrogens with zero attached hydrogens (tertiary/aromatic N) is 3. The third kappa shape index (κ3) is 3.72. The topological polar surface area (TPSA) is 71.1 Å². The quantitative estimate of drug-likeness (QED) is 0.698. The van der Waals surface area contributed by atoms with Gasteiger partial charge in [-0.15, -0.1) is 0 Å². The van der Waals surface area contributed by atoms with Crippen LogP contribution < -0.4 is 0 Å². The highest BCUT2D eigenvalue weighted by atomic mass is 16.5. The van der Waals surface area contributed by atoms with Crippen LogP contribution in [0.5, 0.6) is 0 Å². The molecule has 1 heterocycles. The number of hydrogen-bond donors (Lipinski definition) is 1. The highest BCUT2D eigenvalue weighted by molar-refractivity contribution is 5.16. The van der Waals surface area contributed by atoms with Gasteiger partial charge in [-0.05, 0) is 111 Å². The van der Waals surface area contributed by atoms with Crippen molar-refractivity contribution in [3.63, 3.8) is 0 Å². The number of aromatic nitrogens is 2. The molecule has 0 saturated heterocycles. The van der Waals surface area contributed by atoms with E-state index in [0.717, 1.165) is 49.0 Å². The van der Waals surface area contributed by atoms with E-state index in [4.69, 9.17) is 10.00 Å². The Kier molecular flexibility index (Phi) is 5.91. The van der Waals surface area contributed by atoms with E-state index < -0.39 is 5.60 Å². The molecule has 0 aliphatic heterocycles. The lowest BCUT2D eigenvalue weighted by Crippen LogP contribution is -2.52. The normalized spacial score (nSPS) is 44.2. The molecule has 32 heavy (non-hydrogen) atoms. The molecule has 0 spiro atoms. The van der Waals surface area contributed by atoms with Gasteiger partial charge in [0.1, 0.15) is 6.07 Å². The third-order valence-electron chi connectivity index (χ3n) is 10.5. The van der Waals surface area contributed by atoms with Gasteiger partial charge in [-0.2, -0.15) is 10.4 Å². The number of ether oxygens (including phenoxy) is 1. The minimum Gasteiger partial charge on any atom is -0.387 e. The summed E-state index contributed by atoms with van der Waals surface area (Å²) in [7, 11) is 1.72. The summed E-state index contributed by atoms with van der Waals surface area (Å²) >= 11 is 0. The Balaban J connectivity index is 1.27. The molecule has 9 atom stereocenters. The lowest BCUT2D eigenvalue weighted by molar-refractivity contribution is -0.126. The molecule has 0 amide bonds. The molecule has 5 nitrogen and oxygen atoms in total. The predicted octanol–water partition coefficient (Wildman–Crippen LogP) is 5.04. The monoisotopic (exact) mass is 439 g/mol. The smallest absolute Gasteiger partial charge is 0.162 e. The summed E-state index contributed by atoms with van der Waals surface area (Å²) in [5.41, 5.74) is 0.386. The maximum absolute atomic E-state index is 11.0. The highest BCUT2D eigenvalue weighted by Crippen LogP contribution is 2.65. The highest BCUT2D eigenvalue weighted by Gasteiger charge is 2.58. The Morgan fingerprint density at radius 2 is 2.00 bits per heavy atom. The van der Waals surface area contributed by atoms with Gasteiger partial charge in [0, 0.05) is 19.9 Å². The first-order valence-corrected chi connectivity index (χ1v) is 13.0. The summed E-state index contributed by atoms with van der Waals surface area (Å²) in [5.74, 6) is 5.47. The van der Waals surface area contributed by atoms with Gasteiger partial charge in [0.15, 0.2) is 5.69 Å². The second kappa shape index (κ2) is 8.44. The predicted molar refractivity (Wildman–Crippen MR) is 124 cm³/mol. The Morgan fingerprint density at radius 3 is 2.75 bits per heavy atom. The number of fused-ring (bicyclic) bond motifs is 5. The van der Waals surface area contributed by atoms with Crippen molar-refractivity contribution in [1.82, 2.24) is 9.78 Å². The Labute approximate surface area is 193 Å². The number of rotatable bonds is 5. The minimum atomic E-state index is -0.586. The fraction of sp³-hybridized carbons (Fsp3) is 0.852. The summed E-state index contributed by atoms with van der Waals surface area (Å²) in [6.45, 7) is 6.44. The van der Waals surface area contributed by atoms with E-state index in [9.17, 15) is 5.11 Å². The summed E-state index contributed by atoms with van der Waals surface area (Å²) in [6, 6.07) is 3.98. The van der Waals surface area contributed by atoms with Gasteiger partial charge in [-0.1, -0.05) is 13.8 Å². The maximum atomic E-state index is 11.0. The molecule has 1 aromatic rings. The standard InChI is InChI=1S/C27H41N3O2/c1-18(16-30-13-10-20(15-28)29-30)24-6-7-25-23-5-4-19-14-27(31,17-32-3)12-9-21(19)22(23)8-11-26(24,25)2/h10,13,18-19,21-25,31H,4-9,11-12,14,16-17H2,1-3H3/t18-,19-,21+,22-,23-,24-,25+,26-,27-/m1/s1. The van der Waals surface area contributed by atoms with Crippen molar-refractivity contribution in [1.29, 1.82) is 5.26 Å². The first-order valence-electron chi connectivity index (χ1n) is 13.0. The van der Waals surface area contributed by atoms with Crippen LogP contribution in [-0.4, -0.2) is 34.2 Å². The van der Waals surface area contributed by atoms with Crippen LogP contribution in [0.25, 0.3) is 0 Å². The van der Waals surface area contributed by atoms with Gasteiger partial charge in [-0.25, -0.2) is 0 Å². The van der Waals surface area contributed by atoms with E-state index >= 15 is 0 Å². The molecule has 0 bridgehead atoms. The Bertz CT molecular complexity index is 861. The van der Waals surface area contributed by atoms with Crippen LogP contribution in [0.15, 0.2) is 12.3 Å². The van der Waals surface area contributed by atoms with Crippen molar-refractivity contribution in [2.24, 2.45) is 46.8 Å². The molecule has 176 valence electrons. The Hall–Kier alpha value is -1.38. The van der Waals surface area contributed by atoms with Gasteiger partial charge < -0.3 is 9.84 Å². The van der Waals surface area contributed by atoms with Crippen LogP contribution in [0.3, 0.4) is 0 Å². The second-order valence-corrected chi connectivity index (χ2v) is 12.1. The van der Waals surface area contributed by atoms with E-state index in [-0.39, 0.29) is 0 Å². The summed E-state index contributed by atoms with van der Waals surface area (Å²) in [4.78, 5) is 0. The van der Waals surface area contributed by atoms with Crippen molar-refractivity contribution in [3.8, 4) is 6.07 Å².